The SMILES string of the molecule is COc1ccc([C@@H](C)N(CC=C(c2ccccc2)c2ccccc2)C(=O)Oc2ccccc2)cc1. The lowest BCUT2D eigenvalue weighted by molar-refractivity contribution is 0.141. The Kier molecular flexibility index (Phi) is 7.97. The maximum atomic E-state index is 13.4. The first-order valence-corrected chi connectivity index (χ1v) is 11.6. The van der Waals surface area contributed by atoms with E-state index in [2.05, 4.69) is 30.3 Å². The minimum absolute atomic E-state index is 0.221. The summed E-state index contributed by atoms with van der Waals surface area (Å²) in [5.74, 6) is 1.29. The smallest absolute Gasteiger partial charge is 0.416 e. The summed E-state index contributed by atoms with van der Waals surface area (Å²) >= 11 is 0. The first kappa shape index (κ1) is 23.8. The molecule has 4 nitrogen and oxygen atoms in total. The molecule has 0 aliphatic heterocycles. The zero-order valence-corrected chi connectivity index (χ0v) is 20.0. The van der Waals surface area contributed by atoms with Crippen LogP contribution in [0.1, 0.15) is 29.7 Å². The Balaban J connectivity index is 1.68. The van der Waals surface area contributed by atoms with Gasteiger partial charge in [0.15, 0.2) is 0 Å². The fourth-order valence-corrected chi connectivity index (χ4v) is 3.93. The Hall–Kier alpha value is -4.31. The monoisotopic (exact) mass is 463 g/mol. The summed E-state index contributed by atoms with van der Waals surface area (Å²) in [6.07, 6.45) is 1.69. The zero-order valence-electron chi connectivity index (χ0n) is 20.0. The van der Waals surface area contributed by atoms with E-state index in [1.165, 1.54) is 0 Å². The topological polar surface area (TPSA) is 38.8 Å². The number of amides is 1. The Morgan fingerprint density at radius 2 is 1.26 bits per heavy atom. The number of hydrogen-bond acceptors (Lipinski definition) is 3. The van der Waals surface area contributed by atoms with Crippen molar-refractivity contribution in [2.45, 2.75) is 13.0 Å². The van der Waals surface area contributed by atoms with Gasteiger partial charge in [0.2, 0.25) is 0 Å². The van der Waals surface area contributed by atoms with E-state index in [0.717, 1.165) is 28.0 Å². The van der Waals surface area contributed by atoms with Gasteiger partial charge in [0.05, 0.1) is 13.2 Å². The minimum Gasteiger partial charge on any atom is -0.497 e. The largest absolute Gasteiger partial charge is 0.497 e. The molecule has 176 valence electrons. The fraction of sp³-hybridized carbons (Fsp3) is 0.129. The van der Waals surface area contributed by atoms with Crippen LogP contribution in [0.5, 0.6) is 11.5 Å². The molecule has 35 heavy (non-hydrogen) atoms. The standard InChI is InChI=1S/C31H29NO3/c1-24(25-18-20-28(34-2)21-19-25)32(31(33)35-29-16-10-5-11-17-29)23-22-30(26-12-6-3-7-13-26)27-14-8-4-9-15-27/h3-22,24H,23H2,1-2H3/t24-/m1/s1. The van der Waals surface area contributed by atoms with Gasteiger partial charge in [-0.15, -0.1) is 0 Å². The molecule has 0 unspecified atom stereocenters. The van der Waals surface area contributed by atoms with Crippen LogP contribution in [0.2, 0.25) is 0 Å². The zero-order chi connectivity index (χ0) is 24.5. The van der Waals surface area contributed by atoms with Gasteiger partial charge in [-0.2, -0.15) is 0 Å². The average Bonchev–Trinajstić information content (AvgIpc) is 2.92. The van der Waals surface area contributed by atoms with Crippen molar-refractivity contribution in [3.05, 3.63) is 138 Å². The second-order valence-corrected chi connectivity index (χ2v) is 8.13. The van der Waals surface area contributed by atoms with Gasteiger partial charge in [0, 0.05) is 6.54 Å². The highest BCUT2D eigenvalue weighted by Gasteiger charge is 2.23. The molecule has 0 spiro atoms. The molecule has 0 saturated carbocycles. The summed E-state index contributed by atoms with van der Waals surface area (Å²) in [6.45, 7) is 2.38. The highest BCUT2D eigenvalue weighted by molar-refractivity contribution is 5.80. The number of carbonyl (C=O) groups is 1. The number of carbonyl (C=O) groups excluding carboxylic acids is 1. The van der Waals surface area contributed by atoms with Crippen LogP contribution in [0.15, 0.2) is 121 Å². The summed E-state index contributed by atoms with van der Waals surface area (Å²) in [5.41, 5.74) is 4.23. The molecule has 0 heterocycles. The molecule has 0 bridgehead atoms. The van der Waals surface area contributed by atoms with Crippen molar-refractivity contribution in [2.24, 2.45) is 0 Å². The van der Waals surface area contributed by atoms with E-state index in [-0.39, 0.29) is 6.04 Å². The van der Waals surface area contributed by atoms with E-state index in [0.29, 0.717) is 12.3 Å². The second kappa shape index (κ2) is 11.7. The summed E-state index contributed by atoms with van der Waals surface area (Å²) in [6, 6.07) is 37.1. The third-order valence-electron chi connectivity index (χ3n) is 5.91. The first-order valence-electron chi connectivity index (χ1n) is 11.6. The summed E-state index contributed by atoms with van der Waals surface area (Å²) in [5, 5.41) is 0. The molecule has 0 fully saturated rings. The van der Waals surface area contributed by atoms with E-state index < -0.39 is 6.09 Å². The molecule has 0 aliphatic carbocycles. The van der Waals surface area contributed by atoms with Crippen LogP contribution >= 0.6 is 0 Å². The third kappa shape index (κ3) is 6.18. The van der Waals surface area contributed by atoms with Crippen LogP contribution in [0.3, 0.4) is 0 Å². The van der Waals surface area contributed by atoms with Crippen molar-refractivity contribution in [3.63, 3.8) is 0 Å². The molecule has 0 saturated heterocycles. The minimum atomic E-state index is -0.406. The number of hydrogen-bond donors (Lipinski definition) is 0. The number of para-hydroxylation sites is 1. The number of nitrogens with zero attached hydrogens (tertiary/aromatic N) is 1. The normalized spacial score (nSPS) is 11.3. The lowest BCUT2D eigenvalue weighted by Crippen LogP contribution is -2.36. The lowest BCUT2D eigenvalue weighted by Gasteiger charge is -2.28. The van der Waals surface area contributed by atoms with Gasteiger partial charge in [-0.25, -0.2) is 4.79 Å². The maximum absolute atomic E-state index is 13.4. The number of benzene rings is 4. The van der Waals surface area contributed by atoms with Gasteiger partial charge in [0.25, 0.3) is 0 Å². The Morgan fingerprint density at radius 1 is 0.743 bits per heavy atom. The van der Waals surface area contributed by atoms with Crippen LogP contribution in [0.4, 0.5) is 4.79 Å². The molecule has 4 heteroatoms. The number of rotatable bonds is 8. The quantitative estimate of drug-likeness (QED) is 0.273. The predicted octanol–water partition coefficient (Wildman–Crippen LogP) is 7.39. The van der Waals surface area contributed by atoms with Gasteiger partial charge in [-0.05, 0) is 53.5 Å². The van der Waals surface area contributed by atoms with Gasteiger partial charge in [0.1, 0.15) is 11.5 Å². The molecule has 1 amide bonds. The first-order chi connectivity index (χ1) is 17.2. The third-order valence-corrected chi connectivity index (χ3v) is 5.91. The molecule has 4 aromatic carbocycles. The number of ether oxygens (including phenoxy) is 2. The highest BCUT2D eigenvalue weighted by atomic mass is 16.6. The molecule has 0 aromatic heterocycles. The molecule has 4 rings (SSSR count). The highest BCUT2D eigenvalue weighted by Crippen LogP contribution is 2.27. The Labute approximate surface area is 207 Å². The second-order valence-electron chi connectivity index (χ2n) is 8.13. The van der Waals surface area contributed by atoms with Crippen molar-refractivity contribution in [1.29, 1.82) is 0 Å². The predicted molar refractivity (Wildman–Crippen MR) is 141 cm³/mol. The Morgan fingerprint density at radius 3 is 1.77 bits per heavy atom. The van der Waals surface area contributed by atoms with Crippen molar-refractivity contribution >= 4 is 11.7 Å². The molecule has 1 atom stereocenters. The van der Waals surface area contributed by atoms with Crippen molar-refractivity contribution in [2.75, 3.05) is 13.7 Å². The van der Waals surface area contributed by atoms with E-state index in [1.54, 1.807) is 24.1 Å². The van der Waals surface area contributed by atoms with E-state index in [1.807, 2.05) is 85.8 Å². The van der Waals surface area contributed by atoms with Gasteiger partial charge >= 0.3 is 6.09 Å². The van der Waals surface area contributed by atoms with E-state index in [4.69, 9.17) is 9.47 Å². The van der Waals surface area contributed by atoms with Crippen LogP contribution in [0, 0.1) is 0 Å². The molecule has 4 aromatic rings. The van der Waals surface area contributed by atoms with Crippen molar-refractivity contribution in [1.82, 2.24) is 4.90 Å². The molecule has 0 radical (unpaired) electrons. The lowest BCUT2D eigenvalue weighted by atomic mass is 9.97. The van der Waals surface area contributed by atoms with E-state index in [9.17, 15) is 4.79 Å². The fourth-order valence-electron chi connectivity index (χ4n) is 3.93. The Bertz CT molecular complexity index is 1200. The van der Waals surface area contributed by atoms with Crippen LogP contribution < -0.4 is 9.47 Å². The molecule has 0 aliphatic rings. The molecule has 0 N–H and O–H groups in total. The molecular formula is C31H29NO3. The summed E-state index contributed by atoms with van der Waals surface area (Å²) in [7, 11) is 1.64. The maximum Gasteiger partial charge on any atom is 0.416 e. The molecular weight excluding hydrogens is 434 g/mol. The summed E-state index contributed by atoms with van der Waals surface area (Å²) < 4.78 is 11.0. The van der Waals surface area contributed by atoms with Gasteiger partial charge < -0.3 is 9.47 Å². The number of methoxy groups -OCH3 is 1. The average molecular weight is 464 g/mol. The van der Waals surface area contributed by atoms with Crippen LogP contribution in [0.25, 0.3) is 5.57 Å². The van der Waals surface area contributed by atoms with Crippen LogP contribution in [-0.2, 0) is 0 Å². The van der Waals surface area contributed by atoms with E-state index >= 15 is 0 Å². The van der Waals surface area contributed by atoms with Crippen LogP contribution in [-0.4, -0.2) is 24.6 Å². The summed E-state index contributed by atoms with van der Waals surface area (Å²) in [4.78, 5) is 15.1. The van der Waals surface area contributed by atoms with Crippen molar-refractivity contribution < 1.29 is 14.3 Å². The van der Waals surface area contributed by atoms with Gasteiger partial charge in [-0.1, -0.05) is 97.1 Å². The van der Waals surface area contributed by atoms with Crippen molar-refractivity contribution in [3.8, 4) is 11.5 Å². The van der Waals surface area contributed by atoms with Gasteiger partial charge in [-0.3, -0.25) is 4.90 Å².